The fourth-order valence-electron chi connectivity index (χ4n) is 2.09. The second-order valence-electron chi connectivity index (χ2n) is 5.37. The number of allylic oxidation sites excluding steroid dienone is 4. The number of carboxylic acid groups (broad SMARTS) is 1. The Labute approximate surface area is 125 Å². The van der Waals surface area contributed by atoms with E-state index in [0.717, 1.165) is 25.7 Å². The van der Waals surface area contributed by atoms with Gasteiger partial charge in [0.05, 0.1) is 0 Å². The lowest BCUT2D eigenvalue weighted by Crippen LogP contribution is -1.92. The minimum Gasteiger partial charge on any atom is -0.481 e. The molecule has 0 spiro atoms. The van der Waals surface area contributed by atoms with Crippen LogP contribution in [0.4, 0.5) is 0 Å². The largest absolute Gasteiger partial charge is 0.481 e. The third-order valence-corrected chi connectivity index (χ3v) is 3.34. The molecule has 2 nitrogen and oxygen atoms in total. The number of aliphatic carboxylic acids is 1. The summed E-state index contributed by atoms with van der Waals surface area (Å²) in [6, 6.07) is 0. The number of carbonyl (C=O) groups is 1. The van der Waals surface area contributed by atoms with Crippen LogP contribution in [0.2, 0.25) is 0 Å². The summed E-state index contributed by atoms with van der Waals surface area (Å²) in [5.41, 5.74) is 0. The van der Waals surface area contributed by atoms with Crippen molar-refractivity contribution in [2.45, 2.75) is 84.0 Å². The smallest absolute Gasteiger partial charge is 0.303 e. The van der Waals surface area contributed by atoms with Crippen molar-refractivity contribution >= 4 is 5.97 Å². The lowest BCUT2D eigenvalue weighted by Gasteiger charge is -1.97. The predicted octanol–water partition coefficient (Wildman–Crippen LogP) is 5.88. The van der Waals surface area contributed by atoms with E-state index in [1.54, 1.807) is 0 Å². The molecule has 2 heteroatoms. The minimum atomic E-state index is -0.688. The molecule has 0 aliphatic heterocycles. The van der Waals surface area contributed by atoms with Gasteiger partial charge in [-0.05, 0) is 38.5 Å². The van der Waals surface area contributed by atoms with Gasteiger partial charge in [-0.2, -0.15) is 0 Å². The molecule has 116 valence electrons. The van der Waals surface area contributed by atoms with Crippen molar-refractivity contribution in [3.8, 4) is 0 Å². The van der Waals surface area contributed by atoms with Crippen molar-refractivity contribution in [3.05, 3.63) is 24.3 Å². The molecule has 0 rings (SSSR count). The van der Waals surface area contributed by atoms with Crippen molar-refractivity contribution in [2.75, 3.05) is 0 Å². The van der Waals surface area contributed by atoms with E-state index in [0.29, 0.717) is 6.42 Å². The summed E-state index contributed by atoms with van der Waals surface area (Å²) in [6.45, 7) is 2.25. The Morgan fingerprint density at radius 1 is 0.800 bits per heavy atom. The molecule has 0 aliphatic carbocycles. The molecular formula is C18H32O2. The van der Waals surface area contributed by atoms with Crippen LogP contribution in [0.15, 0.2) is 24.3 Å². The zero-order chi connectivity index (χ0) is 14.9. The molecule has 0 aromatic rings. The van der Waals surface area contributed by atoms with Crippen LogP contribution in [0.1, 0.15) is 84.0 Å². The number of hydrogen-bond donors (Lipinski definition) is 1. The van der Waals surface area contributed by atoms with Gasteiger partial charge in [-0.15, -0.1) is 0 Å². The molecule has 20 heavy (non-hydrogen) atoms. The summed E-state index contributed by atoms with van der Waals surface area (Å²) >= 11 is 0. The molecule has 0 fully saturated rings. The fourth-order valence-corrected chi connectivity index (χ4v) is 2.09. The van der Waals surface area contributed by atoms with Crippen LogP contribution in [-0.4, -0.2) is 11.1 Å². The average molecular weight is 280 g/mol. The first-order valence-corrected chi connectivity index (χ1v) is 8.29. The van der Waals surface area contributed by atoms with Gasteiger partial charge in [0.25, 0.3) is 0 Å². The monoisotopic (exact) mass is 280 g/mol. The molecule has 0 aromatic heterocycles. The van der Waals surface area contributed by atoms with Gasteiger partial charge in [0, 0.05) is 6.42 Å². The summed E-state index contributed by atoms with van der Waals surface area (Å²) in [5, 5.41) is 8.49. The van der Waals surface area contributed by atoms with Gasteiger partial charge in [-0.3, -0.25) is 4.79 Å². The summed E-state index contributed by atoms with van der Waals surface area (Å²) < 4.78 is 0. The van der Waals surface area contributed by atoms with Gasteiger partial charge in [-0.25, -0.2) is 0 Å². The molecule has 0 aromatic carbocycles. The summed E-state index contributed by atoms with van der Waals surface area (Å²) in [5.74, 6) is -0.688. The van der Waals surface area contributed by atoms with E-state index in [1.165, 1.54) is 44.9 Å². The third kappa shape index (κ3) is 16.9. The first-order chi connectivity index (χ1) is 9.77. The zero-order valence-electron chi connectivity index (χ0n) is 13.2. The normalized spacial score (nSPS) is 11.7. The van der Waals surface area contributed by atoms with Crippen LogP contribution in [0.3, 0.4) is 0 Å². The number of hydrogen-bond acceptors (Lipinski definition) is 1. The SMILES string of the molecule is CCCCCCCC/C=C\C/C=C\CCCCC(=O)O. The molecule has 0 heterocycles. The van der Waals surface area contributed by atoms with Crippen molar-refractivity contribution in [1.82, 2.24) is 0 Å². The molecule has 0 aliphatic rings. The lowest BCUT2D eigenvalue weighted by atomic mass is 10.1. The maximum atomic E-state index is 10.3. The van der Waals surface area contributed by atoms with E-state index in [1.807, 2.05) is 0 Å². The van der Waals surface area contributed by atoms with Crippen LogP contribution in [0.25, 0.3) is 0 Å². The van der Waals surface area contributed by atoms with Gasteiger partial charge in [0.1, 0.15) is 0 Å². The Bertz CT molecular complexity index is 267. The summed E-state index contributed by atoms with van der Waals surface area (Å²) in [7, 11) is 0. The summed E-state index contributed by atoms with van der Waals surface area (Å²) in [4.78, 5) is 10.3. The van der Waals surface area contributed by atoms with Crippen LogP contribution in [0, 0.1) is 0 Å². The average Bonchev–Trinajstić information content (AvgIpc) is 2.43. The number of rotatable bonds is 14. The van der Waals surface area contributed by atoms with E-state index in [-0.39, 0.29) is 0 Å². The highest BCUT2D eigenvalue weighted by Crippen LogP contribution is 2.07. The molecule has 0 amide bonds. The lowest BCUT2D eigenvalue weighted by molar-refractivity contribution is -0.137. The Balaban J connectivity index is 3.20. The van der Waals surface area contributed by atoms with Gasteiger partial charge >= 0.3 is 5.97 Å². The van der Waals surface area contributed by atoms with E-state index in [9.17, 15) is 4.79 Å². The van der Waals surface area contributed by atoms with Gasteiger partial charge < -0.3 is 5.11 Å². The van der Waals surface area contributed by atoms with E-state index >= 15 is 0 Å². The quantitative estimate of drug-likeness (QED) is 0.318. The molecule has 0 radical (unpaired) electrons. The zero-order valence-corrected chi connectivity index (χ0v) is 13.2. The maximum absolute atomic E-state index is 10.3. The third-order valence-electron chi connectivity index (χ3n) is 3.34. The predicted molar refractivity (Wildman–Crippen MR) is 87.0 cm³/mol. The van der Waals surface area contributed by atoms with Crippen LogP contribution in [-0.2, 0) is 4.79 Å². The van der Waals surface area contributed by atoms with E-state index in [2.05, 4.69) is 31.2 Å². The molecule has 0 bridgehead atoms. The number of unbranched alkanes of at least 4 members (excludes halogenated alkanes) is 8. The molecule has 0 saturated heterocycles. The van der Waals surface area contributed by atoms with Crippen molar-refractivity contribution < 1.29 is 9.90 Å². The van der Waals surface area contributed by atoms with E-state index in [4.69, 9.17) is 5.11 Å². The molecule has 1 N–H and O–H groups in total. The van der Waals surface area contributed by atoms with Gasteiger partial charge in [-0.1, -0.05) is 63.3 Å². The number of carboxylic acids is 1. The molecular weight excluding hydrogens is 248 g/mol. The van der Waals surface area contributed by atoms with Crippen molar-refractivity contribution in [2.24, 2.45) is 0 Å². The Kier molecular flexibility index (Phi) is 15.2. The molecule has 0 saturated carbocycles. The standard InChI is InChI=1S/C18H32O2/c1-2-3-4-5-6-7-8-9-10-11-12-13-14-15-16-17-18(19)20/h9-10,12-13H,2-8,11,14-17H2,1H3,(H,19,20)/b10-9-,13-12-. The second-order valence-corrected chi connectivity index (χ2v) is 5.37. The van der Waals surface area contributed by atoms with Crippen LogP contribution in [0.5, 0.6) is 0 Å². The first-order valence-electron chi connectivity index (χ1n) is 8.29. The van der Waals surface area contributed by atoms with E-state index < -0.39 is 5.97 Å². The van der Waals surface area contributed by atoms with Crippen LogP contribution >= 0.6 is 0 Å². The molecule has 0 atom stereocenters. The topological polar surface area (TPSA) is 37.3 Å². The summed E-state index contributed by atoms with van der Waals surface area (Å²) in [6.07, 6.45) is 22.3. The van der Waals surface area contributed by atoms with Crippen molar-refractivity contribution in [3.63, 3.8) is 0 Å². The molecule has 0 unspecified atom stereocenters. The highest BCUT2D eigenvalue weighted by atomic mass is 16.4. The van der Waals surface area contributed by atoms with Crippen molar-refractivity contribution in [1.29, 1.82) is 0 Å². The second kappa shape index (κ2) is 16.0. The fraction of sp³-hybridized carbons (Fsp3) is 0.722. The minimum absolute atomic E-state index is 0.298. The van der Waals surface area contributed by atoms with Gasteiger partial charge in [0.2, 0.25) is 0 Å². The van der Waals surface area contributed by atoms with Gasteiger partial charge in [0.15, 0.2) is 0 Å². The highest BCUT2D eigenvalue weighted by molar-refractivity contribution is 5.66. The maximum Gasteiger partial charge on any atom is 0.303 e. The Morgan fingerprint density at radius 3 is 1.95 bits per heavy atom. The highest BCUT2D eigenvalue weighted by Gasteiger charge is 1.93. The Morgan fingerprint density at radius 2 is 1.35 bits per heavy atom. The Hall–Kier alpha value is -1.05. The van der Waals surface area contributed by atoms with Crippen LogP contribution < -0.4 is 0 Å². The first kappa shape index (κ1) is 18.9.